The van der Waals surface area contributed by atoms with Gasteiger partial charge >= 0.3 is 5.97 Å². The van der Waals surface area contributed by atoms with Crippen LogP contribution in [0.1, 0.15) is 26.4 Å². The number of amides is 1. The van der Waals surface area contributed by atoms with E-state index in [0.717, 1.165) is 5.56 Å². The van der Waals surface area contributed by atoms with Gasteiger partial charge in [-0.05, 0) is 19.1 Å². The van der Waals surface area contributed by atoms with Crippen LogP contribution in [0.5, 0.6) is 0 Å². The number of carbonyl (C=O) groups excluding carboxylic acids is 1. The number of nitrogens with two attached hydrogens (primary N) is 1. The molecule has 0 unspecified atom stereocenters. The van der Waals surface area contributed by atoms with E-state index in [1.165, 1.54) is 12.1 Å². The molecular weight excluding hydrogens is 250 g/mol. The molecule has 98 valence electrons. The number of aromatic carboxylic acids is 1. The minimum atomic E-state index is -1.13. The number of aromatic nitrogens is 3. The number of carboxylic acid groups (broad SMARTS) is 1. The topological polar surface area (TPSA) is 134 Å². The van der Waals surface area contributed by atoms with Crippen LogP contribution >= 0.6 is 0 Å². The molecule has 0 aliphatic carbocycles. The SMILES string of the molecule is Cc1ccc(NC(=O)c2n[nH]nc2N)c(C(=O)O)c1. The lowest BCUT2D eigenvalue weighted by atomic mass is 10.1. The Morgan fingerprint density at radius 3 is 2.68 bits per heavy atom. The van der Waals surface area contributed by atoms with E-state index in [9.17, 15) is 9.59 Å². The van der Waals surface area contributed by atoms with Crippen LogP contribution in [0.3, 0.4) is 0 Å². The number of aryl methyl sites for hydroxylation is 1. The second-order valence-corrected chi connectivity index (χ2v) is 3.87. The fraction of sp³-hybridized carbons (Fsp3) is 0.0909. The van der Waals surface area contributed by atoms with Crippen molar-refractivity contribution in [2.24, 2.45) is 0 Å². The summed E-state index contributed by atoms with van der Waals surface area (Å²) in [6, 6.07) is 4.66. The maximum atomic E-state index is 11.8. The molecule has 0 spiro atoms. The lowest BCUT2D eigenvalue weighted by molar-refractivity contribution is 0.0698. The van der Waals surface area contributed by atoms with Crippen LogP contribution in [-0.2, 0) is 0 Å². The van der Waals surface area contributed by atoms with Crippen LogP contribution in [0.15, 0.2) is 18.2 Å². The molecule has 1 amide bonds. The zero-order chi connectivity index (χ0) is 14.0. The number of anilines is 2. The van der Waals surface area contributed by atoms with Crippen molar-refractivity contribution < 1.29 is 14.7 Å². The number of carbonyl (C=O) groups is 2. The highest BCUT2D eigenvalue weighted by Gasteiger charge is 2.17. The minimum absolute atomic E-state index is 0.00424. The molecule has 8 heteroatoms. The number of nitrogen functional groups attached to an aromatic ring is 1. The van der Waals surface area contributed by atoms with Gasteiger partial charge in [0.25, 0.3) is 5.91 Å². The zero-order valence-electron chi connectivity index (χ0n) is 9.97. The van der Waals surface area contributed by atoms with Gasteiger partial charge in [-0.15, -0.1) is 10.2 Å². The molecule has 5 N–H and O–H groups in total. The van der Waals surface area contributed by atoms with Gasteiger partial charge in [-0.1, -0.05) is 11.6 Å². The number of benzene rings is 1. The Kier molecular flexibility index (Phi) is 3.15. The highest BCUT2D eigenvalue weighted by molar-refractivity contribution is 6.08. The van der Waals surface area contributed by atoms with E-state index in [4.69, 9.17) is 10.8 Å². The zero-order valence-corrected chi connectivity index (χ0v) is 9.97. The first kappa shape index (κ1) is 12.6. The van der Waals surface area contributed by atoms with Gasteiger partial charge in [-0.25, -0.2) is 4.79 Å². The van der Waals surface area contributed by atoms with Crippen molar-refractivity contribution in [1.29, 1.82) is 0 Å². The first-order chi connectivity index (χ1) is 8.99. The average molecular weight is 261 g/mol. The summed E-state index contributed by atoms with van der Waals surface area (Å²) in [4.78, 5) is 22.9. The summed E-state index contributed by atoms with van der Waals surface area (Å²) in [7, 11) is 0. The summed E-state index contributed by atoms with van der Waals surface area (Å²) in [6.45, 7) is 1.76. The smallest absolute Gasteiger partial charge is 0.337 e. The highest BCUT2D eigenvalue weighted by atomic mass is 16.4. The van der Waals surface area contributed by atoms with Crippen LogP contribution in [0.2, 0.25) is 0 Å². The third-order valence-corrected chi connectivity index (χ3v) is 2.44. The van der Waals surface area contributed by atoms with Gasteiger partial charge in [-0.3, -0.25) is 4.79 Å². The van der Waals surface area contributed by atoms with Crippen molar-refractivity contribution in [2.75, 3.05) is 11.1 Å². The lowest BCUT2D eigenvalue weighted by Crippen LogP contribution is -2.16. The number of hydrogen-bond donors (Lipinski definition) is 4. The van der Waals surface area contributed by atoms with Crippen molar-refractivity contribution in [2.45, 2.75) is 6.92 Å². The van der Waals surface area contributed by atoms with Gasteiger partial charge in [-0.2, -0.15) is 5.21 Å². The Morgan fingerprint density at radius 2 is 2.11 bits per heavy atom. The van der Waals surface area contributed by atoms with Crippen molar-refractivity contribution in [3.8, 4) is 0 Å². The molecule has 1 aromatic carbocycles. The Balaban J connectivity index is 2.32. The van der Waals surface area contributed by atoms with E-state index in [0.29, 0.717) is 0 Å². The average Bonchev–Trinajstić information content (AvgIpc) is 2.77. The van der Waals surface area contributed by atoms with Crippen molar-refractivity contribution in [3.05, 3.63) is 35.0 Å². The van der Waals surface area contributed by atoms with E-state index in [-0.39, 0.29) is 22.8 Å². The van der Waals surface area contributed by atoms with E-state index >= 15 is 0 Å². The molecule has 0 aliphatic heterocycles. The molecule has 0 radical (unpaired) electrons. The monoisotopic (exact) mass is 261 g/mol. The van der Waals surface area contributed by atoms with Crippen molar-refractivity contribution in [3.63, 3.8) is 0 Å². The Hall–Kier alpha value is -2.90. The molecule has 0 saturated carbocycles. The van der Waals surface area contributed by atoms with Gasteiger partial charge < -0.3 is 16.2 Å². The maximum Gasteiger partial charge on any atom is 0.337 e. The molecular formula is C11H11N5O3. The highest BCUT2D eigenvalue weighted by Crippen LogP contribution is 2.18. The number of hydrogen-bond acceptors (Lipinski definition) is 5. The summed E-state index contributed by atoms with van der Waals surface area (Å²) in [5.74, 6) is -1.81. The van der Waals surface area contributed by atoms with Crippen LogP contribution in [0.25, 0.3) is 0 Å². The predicted octanol–water partition coefficient (Wildman–Crippen LogP) is 0.646. The molecule has 0 saturated heterocycles. The Morgan fingerprint density at radius 1 is 1.37 bits per heavy atom. The van der Waals surface area contributed by atoms with Crippen molar-refractivity contribution in [1.82, 2.24) is 15.4 Å². The molecule has 1 heterocycles. The number of nitrogens with one attached hydrogen (secondary N) is 2. The van der Waals surface area contributed by atoms with Gasteiger partial charge in [0.2, 0.25) is 0 Å². The summed E-state index contributed by atoms with van der Waals surface area (Å²) >= 11 is 0. The number of H-pyrrole nitrogens is 1. The summed E-state index contributed by atoms with van der Waals surface area (Å²) in [5, 5.41) is 20.8. The lowest BCUT2D eigenvalue weighted by Gasteiger charge is -2.08. The third-order valence-electron chi connectivity index (χ3n) is 2.44. The number of nitrogens with zero attached hydrogens (tertiary/aromatic N) is 2. The van der Waals surface area contributed by atoms with Gasteiger partial charge in [0, 0.05) is 0 Å². The Labute approximate surface area is 107 Å². The first-order valence-electron chi connectivity index (χ1n) is 5.30. The first-order valence-corrected chi connectivity index (χ1v) is 5.30. The van der Waals surface area contributed by atoms with Gasteiger partial charge in [0.15, 0.2) is 11.5 Å². The van der Waals surface area contributed by atoms with Crippen LogP contribution < -0.4 is 11.1 Å². The predicted molar refractivity (Wildman–Crippen MR) is 66.9 cm³/mol. The molecule has 8 nitrogen and oxygen atoms in total. The molecule has 0 atom stereocenters. The number of carboxylic acids is 1. The summed E-state index contributed by atoms with van der Waals surface area (Å²) < 4.78 is 0. The van der Waals surface area contributed by atoms with E-state index in [1.807, 2.05) is 0 Å². The van der Waals surface area contributed by atoms with Crippen molar-refractivity contribution >= 4 is 23.4 Å². The second kappa shape index (κ2) is 4.77. The van der Waals surface area contributed by atoms with Crippen LogP contribution in [0.4, 0.5) is 11.5 Å². The maximum absolute atomic E-state index is 11.8. The largest absolute Gasteiger partial charge is 0.478 e. The summed E-state index contributed by atoms with van der Waals surface area (Å²) in [5.41, 5.74) is 6.29. The normalized spacial score (nSPS) is 10.2. The quantitative estimate of drug-likeness (QED) is 0.640. The molecule has 1 aromatic heterocycles. The molecule has 0 aliphatic rings. The fourth-order valence-corrected chi connectivity index (χ4v) is 1.53. The molecule has 0 fully saturated rings. The Bertz CT molecular complexity index is 650. The van der Waals surface area contributed by atoms with Gasteiger partial charge in [0.1, 0.15) is 0 Å². The fourth-order valence-electron chi connectivity index (χ4n) is 1.53. The van der Waals surface area contributed by atoms with E-state index < -0.39 is 11.9 Å². The van der Waals surface area contributed by atoms with Crippen LogP contribution in [-0.4, -0.2) is 32.4 Å². The number of aromatic amines is 1. The number of rotatable bonds is 3. The second-order valence-electron chi connectivity index (χ2n) is 3.87. The molecule has 0 bridgehead atoms. The molecule has 2 rings (SSSR count). The van der Waals surface area contributed by atoms with E-state index in [2.05, 4.69) is 20.7 Å². The third kappa shape index (κ3) is 2.51. The molecule has 19 heavy (non-hydrogen) atoms. The standard InChI is InChI=1S/C11H11N5O3/c1-5-2-3-7(6(4-5)11(18)19)13-10(17)8-9(12)15-16-14-8/h2-4H,1H3,(H,13,17)(H,18,19)(H3,12,14,15,16). The van der Waals surface area contributed by atoms with Crippen LogP contribution in [0, 0.1) is 6.92 Å². The minimum Gasteiger partial charge on any atom is -0.478 e. The van der Waals surface area contributed by atoms with E-state index in [1.54, 1.807) is 13.0 Å². The van der Waals surface area contributed by atoms with Gasteiger partial charge in [0.05, 0.1) is 11.3 Å². The molecule has 2 aromatic rings. The summed E-state index contributed by atoms with van der Waals surface area (Å²) in [6.07, 6.45) is 0.